The number of anilines is 2. The lowest BCUT2D eigenvalue weighted by atomic mass is 9.94. The number of hydrogen-bond acceptors (Lipinski definition) is 6. The van der Waals surface area contributed by atoms with Crippen molar-refractivity contribution in [2.24, 2.45) is 5.92 Å². The molecule has 1 atom stereocenters. The molecule has 2 saturated heterocycles. The van der Waals surface area contributed by atoms with Crippen LogP contribution in [0.25, 0.3) is 11.2 Å². The van der Waals surface area contributed by atoms with Gasteiger partial charge in [-0.25, -0.2) is 15.0 Å². The molecule has 5 heterocycles. The van der Waals surface area contributed by atoms with Gasteiger partial charge in [0.25, 0.3) is 0 Å². The van der Waals surface area contributed by atoms with Gasteiger partial charge >= 0.3 is 0 Å². The molecule has 0 N–H and O–H groups in total. The molecule has 1 amide bonds. The van der Waals surface area contributed by atoms with Gasteiger partial charge in [0, 0.05) is 63.3 Å². The second kappa shape index (κ2) is 9.71. The van der Waals surface area contributed by atoms with Crippen LogP contribution in [0, 0.1) is 12.8 Å². The van der Waals surface area contributed by atoms with E-state index in [0.29, 0.717) is 11.9 Å². The highest BCUT2D eigenvalue weighted by Gasteiger charge is 2.34. The van der Waals surface area contributed by atoms with Gasteiger partial charge in [0.05, 0.1) is 0 Å². The Morgan fingerprint density at radius 3 is 2.67 bits per heavy atom. The van der Waals surface area contributed by atoms with Crippen molar-refractivity contribution in [3.8, 4) is 0 Å². The van der Waals surface area contributed by atoms with Gasteiger partial charge in [-0.2, -0.15) is 0 Å². The van der Waals surface area contributed by atoms with Crippen LogP contribution in [0.5, 0.6) is 0 Å². The Morgan fingerprint density at radius 1 is 1.00 bits per heavy atom. The number of piperazine rings is 1. The number of carbonyl (C=O) groups is 1. The smallest absolute Gasteiger partial charge is 0.225 e. The number of amides is 1. The predicted octanol–water partition coefficient (Wildman–Crippen LogP) is 3.81. The van der Waals surface area contributed by atoms with Gasteiger partial charge in [0.15, 0.2) is 17.0 Å². The molecule has 0 radical (unpaired) electrons. The summed E-state index contributed by atoms with van der Waals surface area (Å²) in [6.45, 7) is 9.51. The number of imidazole rings is 1. The molecule has 3 aliphatic heterocycles. The highest BCUT2D eigenvalue weighted by atomic mass is 16.2. The minimum Gasteiger partial charge on any atom is -0.365 e. The zero-order valence-corrected chi connectivity index (χ0v) is 21.6. The molecule has 0 bridgehead atoms. The van der Waals surface area contributed by atoms with Crippen molar-refractivity contribution in [3.05, 3.63) is 42.0 Å². The maximum Gasteiger partial charge on any atom is 0.225 e. The van der Waals surface area contributed by atoms with Crippen molar-refractivity contribution in [2.45, 2.75) is 65.0 Å². The Labute approximate surface area is 213 Å². The fourth-order valence-corrected chi connectivity index (χ4v) is 6.30. The molecule has 36 heavy (non-hydrogen) atoms. The minimum absolute atomic E-state index is 0.0926. The van der Waals surface area contributed by atoms with Crippen molar-refractivity contribution >= 4 is 28.6 Å². The minimum atomic E-state index is 0.0926. The van der Waals surface area contributed by atoms with E-state index in [0.717, 1.165) is 81.3 Å². The molecule has 0 saturated carbocycles. The van der Waals surface area contributed by atoms with E-state index in [1.165, 1.54) is 30.5 Å². The fraction of sp³-hybridized carbons (Fsp3) is 0.571. The molecule has 2 aromatic heterocycles. The lowest BCUT2D eigenvalue weighted by molar-refractivity contribution is -0.137. The summed E-state index contributed by atoms with van der Waals surface area (Å²) in [5.41, 5.74) is 4.43. The van der Waals surface area contributed by atoms with E-state index >= 15 is 0 Å². The summed E-state index contributed by atoms with van der Waals surface area (Å²) in [4.78, 5) is 34.5. The molecular weight excluding hydrogens is 450 g/mol. The molecule has 3 aliphatic rings. The Bertz CT molecular complexity index is 1250. The third-order valence-corrected chi connectivity index (χ3v) is 8.29. The summed E-state index contributed by atoms with van der Waals surface area (Å²) in [6.07, 6.45) is 8.06. The third kappa shape index (κ3) is 4.31. The first kappa shape index (κ1) is 23.3. The zero-order chi connectivity index (χ0) is 24.6. The molecule has 0 spiro atoms. The number of aromatic nitrogens is 4. The molecule has 2 fully saturated rings. The Hall–Kier alpha value is -3.16. The van der Waals surface area contributed by atoms with Crippen LogP contribution in [0.2, 0.25) is 0 Å². The largest absolute Gasteiger partial charge is 0.365 e. The quantitative estimate of drug-likeness (QED) is 0.560. The van der Waals surface area contributed by atoms with E-state index in [1.54, 1.807) is 6.33 Å². The van der Waals surface area contributed by atoms with Crippen LogP contribution >= 0.6 is 0 Å². The van der Waals surface area contributed by atoms with E-state index in [-0.39, 0.29) is 5.92 Å². The van der Waals surface area contributed by atoms with Crippen LogP contribution in [0.4, 0.5) is 11.5 Å². The molecule has 3 aromatic rings. The molecule has 0 unspecified atom stereocenters. The van der Waals surface area contributed by atoms with E-state index in [9.17, 15) is 4.79 Å². The molecule has 190 valence electrons. The second-order valence-corrected chi connectivity index (χ2v) is 10.8. The number of carbonyl (C=O) groups excluding carboxylic acids is 1. The zero-order valence-electron chi connectivity index (χ0n) is 21.6. The highest BCUT2D eigenvalue weighted by molar-refractivity contribution is 5.84. The first-order valence-corrected chi connectivity index (χ1v) is 13.7. The molecule has 6 rings (SSSR count). The van der Waals surface area contributed by atoms with Crippen LogP contribution in [0.1, 0.15) is 50.4 Å². The van der Waals surface area contributed by atoms with Gasteiger partial charge in [-0.3, -0.25) is 4.79 Å². The summed E-state index contributed by atoms with van der Waals surface area (Å²) in [5.74, 6) is 2.50. The van der Waals surface area contributed by atoms with Gasteiger partial charge in [-0.05, 0) is 57.2 Å². The van der Waals surface area contributed by atoms with Crippen molar-refractivity contribution in [1.82, 2.24) is 24.4 Å². The lowest BCUT2D eigenvalue weighted by Crippen LogP contribution is -2.55. The van der Waals surface area contributed by atoms with Crippen LogP contribution in [0.15, 0.2) is 30.6 Å². The normalized spacial score (nSPS) is 21.5. The molecule has 8 nitrogen and oxygen atoms in total. The van der Waals surface area contributed by atoms with Crippen LogP contribution in [-0.4, -0.2) is 69.1 Å². The van der Waals surface area contributed by atoms with Crippen molar-refractivity contribution in [3.63, 3.8) is 0 Å². The Balaban J connectivity index is 1.10. The fourth-order valence-electron chi connectivity index (χ4n) is 6.30. The molecule has 1 aromatic carbocycles. The number of piperidine rings is 1. The molecule has 8 heteroatoms. The first-order chi connectivity index (χ1) is 17.6. The monoisotopic (exact) mass is 487 g/mol. The van der Waals surface area contributed by atoms with Gasteiger partial charge in [-0.15, -0.1) is 0 Å². The van der Waals surface area contributed by atoms with Crippen LogP contribution in [0.3, 0.4) is 0 Å². The Morgan fingerprint density at radius 2 is 1.86 bits per heavy atom. The molecule has 0 aliphatic carbocycles. The average molecular weight is 488 g/mol. The predicted molar refractivity (Wildman–Crippen MR) is 142 cm³/mol. The lowest BCUT2D eigenvalue weighted by Gasteiger charge is -2.43. The standard InChI is InChI=1S/C28H37N7O/c1-20-7-6-8-23(17-20)34-16-15-33(18-21(34)2)28(36)22-10-13-32(14-11-22)26-25-27(30-19-29-26)35-12-5-3-4-9-24(35)31-25/h6-8,17,19,21-22H,3-5,9-16,18H2,1-2H3/t21-/m0/s1. The maximum atomic E-state index is 13.5. The highest BCUT2D eigenvalue weighted by Crippen LogP contribution is 2.30. The number of fused-ring (bicyclic) bond motifs is 3. The Kier molecular flexibility index (Phi) is 6.27. The summed E-state index contributed by atoms with van der Waals surface area (Å²) < 4.78 is 2.29. The topological polar surface area (TPSA) is 70.4 Å². The van der Waals surface area contributed by atoms with E-state index in [1.807, 2.05) is 0 Å². The number of aryl methyl sites for hydroxylation is 3. The van der Waals surface area contributed by atoms with Gasteiger partial charge in [0.2, 0.25) is 5.91 Å². The number of rotatable bonds is 3. The van der Waals surface area contributed by atoms with Crippen LogP contribution in [-0.2, 0) is 17.8 Å². The first-order valence-electron chi connectivity index (χ1n) is 13.7. The van der Waals surface area contributed by atoms with Gasteiger partial charge in [0.1, 0.15) is 12.2 Å². The van der Waals surface area contributed by atoms with Crippen molar-refractivity contribution in [1.29, 1.82) is 0 Å². The summed E-state index contributed by atoms with van der Waals surface area (Å²) in [6, 6.07) is 8.99. The second-order valence-electron chi connectivity index (χ2n) is 10.8. The van der Waals surface area contributed by atoms with Gasteiger partial charge < -0.3 is 19.3 Å². The SMILES string of the molecule is Cc1cccc(N2CCN(C(=O)C3CCN(c4ncnc5c4nc4n5CCCCC4)CC3)C[C@@H]2C)c1. The summed E-state index contributed by atoms with van der Waals surface area (Å²) in [7, 11) is 0. The number of hydrogen-bond donors (Lipinski definition) is 0. The van der Waals surface area contributed by atoms with Crippen LogP contribution < -0.4 is 9.80 Å². The van der Waals surface area contributed by atoms with E-state index in [4.69, 9.17) is 4.98 Å². The maximum absolute atomic E-state index is 13.5. The average Bonchev–Trinajstić information content (AvgIpc) is 3.09. The van der Waals surface area contributed by atoms with Crippen molar-refractivity contribution in [2.75, 3.05) is 42.5 Å². The summed E-state index contributed by atoms with van der Waals surface area (Å²) >= 11 is 0. The summed E-state index contributed by atoms with van der Waals surface area (Å²) in [5, 5.41) is 0. The van der Waals surface area contributed by atoms with Crippen molar-refractivity contribution < 1.29 is 4.79 Å². The molecular formula is C28H37N7O. The van der Waals surface area contributed by atoms with E-state index in [2.05, 4.69) is 67.3 Å². The van der Waals surface area contributed by atoms with E-state index < -0.39 is 0 Å². The number of benzene rings is 1. The van der Waals surface area contributed by atoms with Gasteiger partial charge in [-0.1, -0.05) is 18.6 Å². The third-order valence-electron chi connectivity index (χ3n) is 8.29. The number of nitrogens with zero attached hydrogens (tertiary/aromatic N) is 7.